The van der Waals surface area contributed by atoms with Gasteiger partial charge in [0.05, 0.1) is 82.4 Å². The average molecular weight is 1130 g/mol. The lowest BCUT2D eigenvalue weighted by Crippen LogP contribution is -2.50. The maximum atomic E-state index is 15.6. The van der Waals surface area contributed by atoms with Crippen LogP contribution in [-0.4, -0.2) is 118 Å². The molecule has 4 heterocycles. The number of benzene rings is 4. The third kappa shape index (κ3) is 10.7. The molecule has 3 amide bonds. The summed E-state index contributed by atoms with van der Waals surface area (Å²) in [6.07, 6.45) is 3.61. The number of ether oxygens (including phenoxy) is 3. The Labute approximate surface area is 473 Å². The van der Waals surface area contributed by atoms with E-state index in [0.717, 1.165) is 6.07 Å². The molecule has 1 saturated heterocycles. The molecule has 0 radical (unpaired) electrons. The van der Waals surface area contributed by atoms with E-state index in [0.29, 0.717) is 16.9 Å². The van der Waals surface area contributed by atoms with Crippen molar-refractivity contribution in [3.05, 3.63) is 159 Å². The van der Waals surface area contributed by atoms with E-state index in [4.69, 9.17) is 19.2 Å². The molecule has 1 spiro atoms. The highest BCUT2D eigenvalue weighted by molar-refractivity contribution is 6.34. The second-order valence-corrected chi connectivity index (χ2v) is 22.0. The van der Waals surface area contributed by atoms with Crippen LogP contribution < -0.4 is 30.5 Å². The van der Waals surface area contributed by atoms with Crippen molar-refractivity contribution in [2.45, 2.75) is 104 Å². The number of aliphatic hydroxyl groups is 3. The Morgan fingerprint density at radius 1 is 0.854 bits per heavy atom. The van der Waals surface area contributed by atoms with E-state index in [1.54, 1.807) is 77.1 Å². The average Bonchev–Trinajstić information content (AvgIpc) is 3.11. The Balaban J connectivity index is 1.10. The molecule has 82 heavy (non-hydrogen) atoms. The number of rotatable bonds is 7. The second-order valence-electron chi connectivity index (χ2n) is 22.0. The highest BCUT2D eigenvalue weighted by Crippen LogP contribution is 2.51. The number of nitrogens with one attached hydrogen (secondary N) is 3. The van der Waals surface area contributed by atoms with Crippen molar-refractivity contribution >= 4 is 52.1 Å². The smallest absolute Gasteiger partial charge is 0.312 e. The molecule has 4 aromatic rings. The molecule has 0 saturated carbocycles. The van der Waals surface area contributed by atoms with Crippen LogP contribution in [0.4, 0.5) is 25.8 Å². The number of anilines is 3. The van der Waals surface area contributed by atoms with Gasteiger partial charge in [-0.25, -0.2) is 8.78 Å². The zero-order valence-corrected chi connectivity index (χ0v) is 47.0. The number of ketones is 2. The van der Waals surface area contributed by atoms with Gasteiger partial charge in [0.2, 0.25) is 5.78 Å². The second kappa shape index (κ2) is 23.1. The number of allylic oxidation sites excluding steroid dienone is 4. The van der Waals surface area contributed by atoms with E-state index in [1.807, 2.05) is 4.90 Å². The van der Waals surface area contributed by atoms with Gasteiger partial charge >= 0.3 is 5.79 Å². The molecule has 5 bridgehead atoms. The first kappa shape index (κ1) is 58.6. The van der Waals surface area contributed by atoms with Crippen LogP contribution >= 0.6 is 0 Å². The van der Waals surface area contributed by atoms with Crippen LogP contribution in [0.15, 0.2) is 119 Å². The molecule has 20 heteroatoms. The summed E-state index contributed by atoms with van der Waals surface area (Å²) in [6.45, 7) is 12.8. The first-order chi connectivity index (χ1) is 38.9. The van der Waals surface area contributed by atoms with Gasteiger partial charge in [0.1, 0.15) is 34.5 Å². The van der Waals surface area contributed by atoms with E-state index >= 15 is 14.0 Å². The first-order valence-corrected chi connectivity index (χ1v) is 27.3. The number of hydrogen-bond acceptors (Lipinski definition) is 15. The highest BCUT2D eigenvalue weighted by atomic mass is 19.1. The quantitative estimate of drug-likeness (QED) is 0.0962. The number of carbonyl (C=O) groups is 5. The number of nitrogens with zero attached hydrogens (tertiary/aromatic N) is 3. The summed E-state index contributed by atoms with van der Waals surface area (Å²) in [6, 6.07) is 16.3. The third-order valence-corrected chi connectivity index (χ3v) is 16.6. The number of hydrogen-bond donors (Lipinski definition) is 7. The summed E-state index contributed by atoms with van der Waals surface area (Å²) in [4.78, 5) is 80.4. The number of methoxy groups -OCH3 is 1. The summed E-state index contributed by atoms with van der Waals surface area (Å²) in [5, 5.41) is 55.1. The van der Waals surface area contributed by atoms with Gasteiger partial charge in [0, 0.05) is 86.4 Å². The zero-order valence-electron chi connectivity index (χ0n) is 47.0. The number of halogens is 2. The molecule has 1 aliphatic carbocycles. The molecule has 4 aliphatic heterocycles. The SMILES string of the molecule is CO[C@H]1/C=C/O[C@]2(C)Oc3c(C)c(O)c4c(c3C2=O)C2=NC3(CCN(c5ccc(F)cc5N(C(=O)CNC(=O)c5ccccc5F)c5ccccc5C)CC3)NC2=C(NC(=O)/C(C)=C\C=C\[C@H](C)[C@H](O)[C@@H](C)[C@@H](O)[C@@H](C)[C@H](O)[C@@H]1C)C4=O. The Morgan fingerprint density at radius 3 is 2.22 bits per heavy atom. The topological polar surface area (TPSA) is 249 Å². The van der Waals surface area contributed by atoms with E-state index in [-0.39, 0.29) is 87.9 Å². The van der Waals surface area contributed by atoms with Crippen LogP contribution in [-0.2, 0) is 19.1 Å². The summed E-state index contributed by atoms with van der Waals surface area (Å²) >= 11 is 0. The van der Waals surface area contributed by atoms with Crippen LogP contribution in [0.3, 0.4) is 0 Å². The number of phenolic OH excluding ortho intramolecular Hbond substituents is 1. The molecule has 0 unspecified atom stereocenters. The molecular weight excluding hydrogens is 1060 g/mol. The summed E-state index contributed by atoms with van der Waals surface area (Å²) in [5.41, 5.74) is -0.255. The number of para-hydroxylation sites is 1. The van der Waals surface area contributed by atoms with Gasteiger partial charge in [-0.05, 0) is 62.7 Å². The van der Waals surface area contributed by atoms with Crippen molar-refractivity contribution in [2.24, 2.45) is 28.7 Å². The minimum atomic E-state index is -2.08. The van der Waals surface area contributed by atoms with Crippen molar-refractivity contribution in [1.29, 1.82) is 0 Å². The molecule has 5 aliphatic rings. The lowest BCUT2D eigenvalue weighted by Gasteiger charge is -2.40. The number of phenols is 1. The number of aryl methyl sites for hydroxylation is 1. The fourth-order valence-corrected chi connectivity index (χ4v) is 11.5. The molecule has 7 N–H and O–H groups in total. The van der Waals surface area contributed by atoms with Gasteiger partial charge in [-0.3, -0.25) is 33.9 Å². The Kier molecular flexibility index (Phi) is 16.5. The van der Waals surface area contributed by atoms with Crippen molar-refractivity contribution in [3.8, 4) is 11.5 Å². The fourth-order valence-electron chi connectivity index (χ4n) is 11.5. The van der Waals surface area contributed by atoms with Crippen LogP contribution in [0.2, 0.25) is 0 Å². The monoisotopic (exact) mass is 1130 g/mol. The van der Waals surface area contributed by atoms with Crippen LogP contribution in [0.25, 0.3) is 0 Å². The van der Waals surface area contributed by atoms with Gasteiger partial charge in [0.25, 0.3) is 23.5 Å². The maximum absolute atomic E-state index is 15.6. The van der Waals surface area contributed by atoms with Gasteiger partial charge in [-0.15, -0.1) is 0 Å². The maximum Gasteiger partial charge on any atom is 0.312 e. The molecule has 432 valence electrons. The summed E-state index contributed by atoms with van der Waals surface area (Å²) < 4.78 is 48.3. The van der Waals surface area contributed by atoms with Crippen LogP contribution in [0.5, 0.6) is 11.5 Å². The molecule has 18 nitrogen and oxygen atoms in total. The van der Waals surface area contributed by atoms with E-state index < -0.39 is 113 Å². The predicted octanol–water partition coefficient (Wildman–Crippen LogP) is 7.27. The molecule has 0 aromatic heterocycles. The van der Waals surface area contributed by atoms with Gasteiger partial charge < -0.3 is 55.5 Å². The van der Waals surface area contributed by atoms with E-state index in [9.17, 15) is 39.2 Å². The van der Waals surface area contributed by atoms with E-state index in [2.05, 4.69) is 16.0 Å². The molecular formula is C62H68F2N6O12. The molecule has 9 atom stereocenters. The molecule has 9 rings (SSSR count). The fraction of sp³-hybridized carbons (Fsp3) is 0.387. The van der Waals surface area contributed by atoms with Gasteiger partial charge in [-0.2, -0.15) is 0 Å². The van der Waals surface area contributed by atoms with Crippen molar-refractivity contribution < 1.29 is 67.4 Å². The Morgan fingerprint density at radius 2 is 1.52 bits per heavy atom. The zero-order chi connectivity index (χ0) is 59.3. The third-order valence-electron chi connectivity index (χ3n) is 16.6. The van der Waals surface area contributed by atoms with E-state index in [1.165, 1.54) is 81.5 Å². The number of aromatic hydroxyl groups is 1. The number of piperidine rings is 1. The number of aliphatic hydroxyl groups excluding tert-OH is 3. The number of amides is 3. The van der Waals surface area contributed by atoms with Crippen molar-refractivity contribution in [3.63, 3.8) is 0 Å². The minimum Gasteiger partial charge on any atom is -0.507 e. The molecule has 4 aromatic carbocycles. The number of fused-ring (bicyclic) bond motifs is 3. The lowest BCUT2D eigenvalue weighted by atomic mass is 9.78. The summed E-state index contributed by atoms with van der Waals surface area (Å²) in [5.74, 6) is -10.5. The lowest BCUT2D eigenvalue weighted by molar-refractivity contribution is -0.117. The first-order valence-electron chi connectivity index (χ1n) is 27.3. The van der Waals surface area contributed by atoms with Crippen LogP contribution in [0, 0.1) is 49.2 Å². The number of Topliss-reactive ketones (excluding diaryl/α,β-unsaturated/α-hetero) is 2. The Hall–Kier alpha value is -8.04. The van der Waals surface area contributed by atoms with Crippen molar-refractivity contribution in [1.82, 2.24) is 16.0 Å². The van der Waals surface area contributed by atoms with Gasteiger partial charge in [0.15, 0.2) is 0 Å². The van der Waals surface area contributed by atoms with Gasteiger partial charge in [-0.1, -0.05) is 76.3 Å². The number of aliphatic imine (C=N–C) groups is 1. The normalized spacial score (nSPS) is 27.7. The largest absolute Gasteiger partial charge is 0.507 e. The number of carbonyl (C=O) groups excluding carboxylic acids is 5. The summed E-state index contributed by atoms with van der Waals surface area (Å²) in [7, 11) is 1.43. The highest BCUT2D eigenvalue weighted by Gasteiger charge is 2.54. The predicted molar refractivity (Wildman–Crippen MR) is 302 cm³/mol. The Bertz CT molecular complexity index is 3420. The van der Waals surface area contributed by atoms with Crippen LogP contribution in [0.1, 0.15) is 102 Å². The minimum absolute atomic E-state index is 0.0348. The molecule has 1 fully saturated rings. The van der Waals surface area contributed by atoms with Crippen molar-refractivity contribution in [2.75, 3.05) is 36.5 Å². The standard InChI is InChI=1S/C62H68F2N6O12/c1-31-15-10-13-20-41(31)70(45(71)30-65-60(79)39-18-11-12-19-40(39)64)43-29-38(63)21-22-42(43)69-26-24-62(25-27-69)67-49-46-47-55(75)37(7)57-48(46)58(77)61(8,82-57)81-28-23-44(80-9)34(4)53(73)36(6)54(74)35(5)52(72)32(2)16-14-17-33(3)59(78)66-51(56(47)76)50(49)68-62/h10-23,28-29,32,34-36,44,52-54,68,72-75H,24-27,30H2,1-9H3,(H,65,79)(H,66,78)/b16-14+,28-23+,33-17-/t32-,34+,35+,36-,44-,52-,53+,54+,61+/m0/s1.